The molecule has 2 saturated heterocycles. The maximum atomic E-state index is 12.8. The van der Waals surface area contributed by atoms with E-state index >= 15 is 0 Å². The highest BCUT2D eigenvalue weighted by Crippen LogP contribution is 2.27. The summed E-state index contributed by atoms with van der Waals surface area (Å²) < 4.78 is 1.91. The van der Waals surface area contributed by atoms with Crippen LogP contribution in [-0.4, -0.2) is 51.6 Å². The number of amides is 1. The molecular formula is C23H27N5O. The average Bonchev–Trinajstić information content (AvgIpc) is 3.44. The highest BCUT2D eigenvalue weighted by Gasteiger charge is 2.27. The van der Waals surface area contributed by atoms with Crippen molar-refractivity contribution in [2.75, 3.05) is 31.1 Å². The molecule has 150 valence electrons. The normalized spacial score (nSPS) is 19.8. The van der Waals surface area contributed by atoms with Gasteiger partial charge in [0.15, 0.2) is 11.5 Å². The van der Waals surface area contributed by atoms with E-state index < -0.39 is 0 Å². The van der Waals surface area contributed by atoms with Crippen molar-refractivity contribution in [2.45, 2.75) is 38.0 Å². The maximum absolute atomic E-state index is 12.8. The highest BCUT2D eigenvalue weighted by atomic mass is 16.2. The van der Waals surface area contributed by atoms with Crippen LogP contribution in [0.15, 0.2) is 48.7 Å². The summed E-state index contributed by atoms with van der Waals surface area (Å²) in [6.45, 7) is 3.78. The van der Waals surface area contributed by atoms with E-state index in [1.807, 2.05) is 39.7 Å². The van der Waals surface area contributed by atoms with Gasteiger partial charge in [0.05, 0.1) is 18.3 Å². The van der Waals surface area contributed by atoms with Crippen molar-refractivity contribution in [3.05, 3.63) is 60.0 Å². The third kappa shape index (κ3) is 3.84. The van der Waals surface area contributed by atoms with Crippen molar-refractivity contribution in [2.24, 2.45) is 0 Å². The van der Waals surface area contributed by atoms with Gasteiger partial charge in [0.2, 0.25) is 5.91 Å². The molecule has 0 N–H and O–H groups in total. The van der Waals surface area contributed by atoms with E-state index in [1.165, 1.54) is 18.5 Å². The van der Waals surface area contributed by atoms with Crippen molar-refractivity contribution in [3.8, 4) is 0 Å². The van der Waals surface area contributed by atoms with Crippen molar-refractivity contribution in [1.82, 2.24) is 19.5 Å². The van der Waals surface area contributed by atoms with Crippen LogP contribution in [0.4, 0.5) is 5.69 Å². The monoisotopic (exact) mass is 389 g/mol. The molecule has 1 amide bonds. The number of fused-ring (bicyclic) bond motifs is 1. The van der Waals surface area contributed by atoms with Gasteiger partial charge in [-0.05, 0) is 43.4 Å². The van der Waals surface area contributed by atoms with Crippen molar-refractivity contribution in [3.63, 3.8) is 0 Å². The zero-order chi connectivity index (χ0) is 19.6. The average molecular weight is 390 g/mol. The van der Waals surface area contributed by atoms with E-state index in [-0.39, 0.29) is 11.8 Å². The molecule has 0 aliphatic carbocycles. The number of aromatic nitrogens is 3. The van der Waals surface area contributed by atoms with E-state index in [0.717, 1.165) is 49.5 Å². The summed E-state index contributed by atoms with van der Waals surface area (Å²) in [5.74, 6) is 1.26. The Kier molecular flexibility index (Phi) is 4.92. The molecular weight excluding hydrogens is 362 g/mol. The largest absolute Gasteiger partial charge is 0.370 e. The lowest BCUT2D eigenvalue weighted by atomic mass is 9.97. The first kappa shape index (κ1) is 18.2. The number of piperidine rings is 1. The number of carbonyl (C=O) groups excluding carboxylic acids is 1. The zero-order valence-corrected chi connectivity index (χ0v) is 16.7. The Morgan fingerprint density at radius 2 is 1.83 bits per heavy atom. The molecule has 6 heteroatoms. The lowest BCUT2D eigenvalue weighted by Crippen LogP contribution is -2.40. The first-order valence-corrected chi connectivity index (χ1v) is 10.7. The summed E-state index contributed by atoms with van der Waals surface area (Å²) in [6, 6.07) is 14.2. The van der Waals surface area contributed by atoms with Crippen molar-refractivity contribution in [1.29, 1.82) is 0 Å². The van der Waals surface area contributed by atoms with E-state index in [0.29, 0.717) is 13.0 Å². The van der Waals surface area contributed by atoms with Crippen LogP contribution < -0.4 is 4.90 Å². The molecule has 0 bridgehead atoms. The summed E-state index contributed by atoms with van der Waals surface area (Å²) in [6.07, 6.45) is 7.11. The molecule has 2 aliphatic rings. The van der Waals surface area contributed by atoms with Crippen LogP contribution in [0.25, 0.3) is 5.65 Å². The molecule has 3 aromatic rings. The number of benzene rings is 1. The van der Waals surface area contributed by atoms with Crippen LogP contribution in [0.2, 0.25) is 0 Å². The third-order valence-electron chi connectivity index (χ3n) is 6.14. The zero-order valence-electron chi connectivity index (χ0n) is 16.7. The Bertz CT molecular complexity index is 993. The Labute approximate surface area is 171 Å². The fraction of sp³-hybridized carbons (Fsp3) is 0.435. The molecule has 0 radical (unpaired) electrons. The van der Waals surface area contributed by atoms with Gasteiger partial charge in [0, 0.05) is 32.1 Å². The van der Waals surface area contributed by atoms with Gasteiger partial charge in [0.25, 0.3) is 0 Å². The Hall–Kier alpha value is -2.89. The minimum atomic E-state index is 0.195. The van der Waals surface area contributed by atoms with E-state index in [9.17, 15) is 4.79 Å². The molecule has 1 aromatic carbocycles. The molecule has 0 spiro atoms. The quantitative estimate of drug-likeness (QED) is 0.687. The van der Waals surface area contributed by atoms with Gasteiger partial charge in [-0.2, -0.15) is 5.10 Å². The van der Waals surface area contributed by atoms with Gasteiger partial charge in [-0.25, -0.2) is 9.50 Å². The van der Waals surface area contributed by atoms with E-state index in [1.54, 1.807) is 0 Å². The second-order valence-electron chi connectivity index (χ2n) is 8.20. The smallest absolute Gasteiger partial charge is 0.227 e. The number of hydrogen-bond donors (Lipinski definition) is 0. The molecule has 6 nitrogen and oxygen atoms in total. The molecule has 4 heterocycles. The standard InChI is InChI=1S/C23H27N5O/c29-22(15-18-7-2-1-3-8-18)27-14-6-9-19(16-27)23-24-21-11-10-20(17-28(21)25-23)26-12-4-5-13-26/h1-3,7-8,10-11,17,19H,4-6,9,12-16H2. The molecule has 2 aromatic heterocycles. The minimum absolute atomic E-state index is 0.195. The predicted molar refractivity (Wildman–Crippen MR) is 113 cm³/mol. The first-order valence-electron chi connectivity index (χ1n) is 10.7. The summed E-state index contributed by atoms with van der Waals surface area (Å²) in [5.41, 5.74) is 3.17. The van der Waals surface area contributed by atoms with Gasteiger partial charge in [-0.1, -0.05) is 30.3 Å². The number of likely N-dealkylation sites (tertiary alicyclic amines) is 1. The van der Waals surface area contributed by atoms with Crippen LogP contribution >= 0.6 is 0 Å². The SMILES string of the molecule is O=C(Cc1ccccc1)N1CCCC(c2nc3ccc(N4CCCC4)cn3n2)C1. The first-order chi connectivity index (χ1) is 14.3. The van der Waals surface area contributed by atoms with Gasteiger partial charge >= 0.3 is 0 Å². The van der Waals surface area contributed by atoms with Gasteiger partial charge in [0.1, 0.15) is 0 Å². The highest BCUT2D eigenvalue weighted by molar-refractivity contribution is 5.79. The van der Waals surface area contributed by atoms with Gasteiger partial charge in [-0.3, -0.25) is 4.79 Å². The fourth-order valence-corrected chi connectivity index (χ4v) is 4.52. The van der Waals surface area contributed by atoms with Gasteiger partial charge in [-0.15, -0.1) is 0 Å². The number of anilines is 1. The number of nitrogens with zero attached hydrogens (tertiary/aromatic N) is 5. The number of carbonyl (C=O) groups is 1. The predicted octanol–water partition coefficient (Wildman–Crippen LogP) is 3.28. The molecule has 0 saturated carbocycles. The van der Waals surface area contributed by atoms with Crippen molar-refractivity contribution < 1.29 is 4.79 Å². The molecule has 29 heavy (non-hydrogen) atoms. The summed E-state index contributed by atoms with van der Waals surface area (Å²) >= 11 is 0. The summed E-state index contributed by atoms with van der Waals surface area (Å²) in [7, 11) is 0. The lowest BCUT2D eigenvalue weighted by molar-refractivity contribution is -0.131. The molecule has 5 rings (SSSR count). The fourth-order valence-electron chi connectivity index (χ4n) is 4.52. The Morgan fingerprint density at radius 1 is 1.00 bits per heavy atom. The van der Waals surface area contributed by atoms with Crippen molar-refractivity contribution >= 4 is 17.2 Å². The third-order valence-corrected chi connectivity index (χ3v) is 6.14. The molecule has 2 fully saturated rings. The molecule has 1 unspecified atom stereocenters. The second kappa shape index (κ2) is 7.85. The summed E-state index contributed by atoms with van der Waals surface area (Å²) in [5, 5.41) is 4.79. The topological polar surface area (TPSA) is 53.7 Å². The maximum Gasteiger partial charge on any atom is 0.227 e. The molecule has 2 aliphatic heterocycles. The van der Waals surface area contributed by atoms with Crippen LogP contribution in [0.1, 0.15) is 43.0 Å². The number of pyridine rings is 1. The second-order valence-corrected chi connectivity index (χ2v) is 8.20. The Morgan fingerprint density at radius 3 is 2.66 bits per heavy atom. The molecule has 1 atom stereocenters. The number of hydrogen-bond acceptors (Lipinski definition) is 4. The lowest BCUT2D eigenvalue weighted by Gasteiger charge is -2.31. The van der Waals surface area contributed by atoms with Gasteiger partial charge < -0.3 is 9.80 Å². The van der Waals surface area contributed by atoms with Crippen LogP contribution in [0, 0.1) is 0 Å². The van der Waals surface area contributed by atoms with Crippen LogP contribution in [-0.2, 0) is 11.2 Å². The van der Waals surface area contributed by atoms with Crippen LogP contribution in [0.5, 0.6) is 0 Å². The van der Waals surface area contributed by atoms with Crippen LogP contribution in [0.3, 0.4) is 0 Å². The van der Waals surface area contributed by atoms with E-state index in [4.69, 9.17) is 10.1 Å². The summed E-state index contributed by atoms with van der Waals surface area (Å²) in [4.78, 5) is 22.0. The minimum Gasteiger partial charge on any atom is -0.370 e. The Balaban J connectivity index is 1.31. The number of rotatable bonds is 4. The van der Waals surface area contributed by atoms with E-state index in [2.05, 4.69) is 23.2 Å².